The molecule has 5 rings (SSSR count). The van der Waals surface area contributed by atoms with E-state index in [0.29, 0.717) is 35.9 Å². The summed E-state index contributed by atoms with van der Waals surface area (Å²) in [7, 11) is 3.73. The molecule has 11 nitrogen and oxygen atoms in total. The van der Waals surface area contributed by atoms with Crippen molar-refractivity contribution in [3.63, 3.8) is 0 Å². The maximum absolute atomic E-state index is 13.0. The molecule has 1 atom stereocenters. The van der Waals surface area contributed by atoms with Gasteiger partial charge in [-0.2, -0.15) is 0 Å². The monoisotopic (exact) mass is 432 g/mol. The number of rotatable bonds is 4. The summed E-state index contributed by atoms with van der Waals surface area (Å²) in [6.07, 6.45) is 5.66. The van der Waals surface area contributed by atoms with E-state index in [1.807, 2.05) is 26.2 Å². The molecule has 1 saturated heterocycles. The van der Waals surface area contributed by atoms with Crippen molar-refractivity contribution in [2.24, 2.45) is 0 Å². The van der Waals surface area contributed by atoms with Gasteiger partial charge in [0.1, 0.15) is 11.7 Å². The molecule has 1 aromatic carbocycles. The summed E-state index contributed by atoms with van der Waals surface area (Å²) >= 11 is 0. The Labute approximate surface area is 183 Å². The largest absolute Gasteiger partial charge is 0.347 e. The molecule has 1 fully saturated rings. The van der Waals surface area contributed by atoms with E-state index in [0.717, 1.165) is 11.1 Å². The molecule has 0 radical (unpaired) electrons. The first-order chi connectivity index (χ1) is 15.4. The van der Waals surface area contributed by atoms with Gasteiger partial charge in [0, 0.05) is 50.6 Å². The molecular weight excluding hydrogens is 412 g/mol. The molecule has 3 amide bonds. The number of carbonyl (C=O) groups is 3. The predicted molar refractivity (Wildman–Crippen MR) is 113 cm³/mol. The van der Waals surface area contributed by atoms with Crippen LogP contribution in [-0.2, 0) is 16.1 Å². The van der Waals surface area contributed by atoms with Crippen LogP contribution in [0.25, 0.3) is 16.9 Å². The summed E-state index contributed by atoms with van der Waals surface area (Å²) in [5.74, 6) is -0.365. The first kappa shape index (κ1) is 19.8. The summed E-state index contributed by atoms with van der Waals surface area (Å²) in [5, 5.41) is 10.7. The Kier molecular flexibility index (Phi) is 4.65. The van der Waals surface area contributed by atoms with Crippen molar-refractivity contribution < 1.29 is 14.4 Å². The number of carbonyl (C=O) groups excluding carboxylic acids is 3. The molecule has 0 aliphatic carbocycles. The van der Waals surface area contributed by atoms with Crippen LogP contribution in [0.15, 0.2) is 36.8 Å². The van der Waals surface area contributed by atoms with Gasteiger partial charge in [-0.3, -0.25) is 19.7 Å². The van der Waals surface area contributed by atoms with E-state index in [1.54, 1.807) is 34.2 Å². The first-order valence-corrected chi connectivity index (χ1v) is 10.1. The van der Waals surface area contributed by atoms with Gasteiger partial charge in [0.25, 0.3) is 5.91 Å². The highest BCUT2D eigenvalue weighted by Gasteiger charge is 2.39. The van der Waals surface area contributed by atoms with Crippen LogP contribution in [0, 0.1) is 0 Å². The lowest BCUT2D eigenvalue weighted by molar-refractivity contribution is -0.136. The minimum absolute atomic E-state index is 0.225. The molecule has 162 valence electrons. The molecular formula is C21H20N8O3. The molecule has 11 heteroatoms. The van der Waals surface area contributed by atoms with E-state index in [4.69, 9.17) is 0 Å². The molecule has 1 N–H and O–H groups in total. The molecule has 32 heavy (non-hydrogen) atoms. The van der Waals surface area contributed by atoms with Crippen molar-refractivity contribution in [2.45, 2.75) is 25.4 Å². The van der Waals surface area contributed by atoms with Crippen molar-refractivity contribution in [1.82, 2.24) is 35.2 Å². The molecule has 0 saturated carbocycles. The topological polar surface area (TPSA) is 126 Å². The number of piperidine rings is 1. The Hall–Kier alpha value is -4.15. The molecule has 3 aromatic rings. The average molecular weight is 432 g/mol. The number of benzene rings is 1. The van der Waals surface area contributed by atoms with E-state index >= 15 is 0 Å². The number of imide groups is 1. The van der Waals surface area contributed by atoms with Crippen molar-refractivity contribution >= 4 is 23.7 Å². The fraction of sp³-hybridized carbons (Fsp3) is 0.286. The lowest BCUT2D eigenvalue weighted by Crippen LogP contribution is -2.52. The van der Waals surface area contributed by atoms with Gasteiger partial charge in [-0.15, -0.1) is 5.10 Å². The van der Waals surface area contributed by atoms with Crippen LogP contribution in [0.1, 0.15) is 28.8 Å². The normalized spacial score (nSPS) is 18.0. The lowest BCUT2D eigenvalue weighted by Gasteiger charge is -2.29. The Bertz CT molecular complexity index is 1230. The van der Waals surface area contributed by atoms with Crippen molar-refractivity contribution in [2.75, 3.05) is 19.0 Å². The van der Waals surface area contributed by atoms with Crippen LogP contribution in [0.4, 0.5) is 5.95 Å². The second kappa shape index (κ2) is 7.52. The lowest BCUT2D eigenvalue weighted by atomic mass is 10.0. The predicted octanol–water partition coefficient (Wildman–Crippen LogP) is 0.551. The average Bonchev–Trinajstić information content (AvgIpc) is 3.39. The number of nitrogens with one attached hydrogen (secondary N) is 1. The third-order valence-electron chi connectivity index (χ3n) is 5.60. The zero-order valence-corrected chi connectivity index (χ0v) is 17.5. The summed E-state index contributed by atoms with van der Waals surface area (Å²) in [6, 6.07) is 4.81. The molecule has 0 spiro atoms. The standard InChI is InChI=1S/C21H20N8O3/c1-27(2)21-22-8-13(9-23-21)16-11-29(26-25-16)14-4-3-12-10-28(20(32)15(12)7-14)17-5-6-18(30)24-19(17)31/h3-4,7-9,11,17H,5-6,10H2,1-2H3,(H,24,30,31). The van der Waals surface area contributed by atoms with Crippen LogP contribution >= 0.6 is 0 Å². The fourth-order valence-corrected chi connectivity index (χ4v) is 3.89. The summed E-state index contributed by atoms with van der Waals surface area (Å²) in [4.78, 5) is 48.6. The zero-order valence-electron chi connectivity index (χ0n) is 17.5. The third kappa shape index (κ3) is 3.37. The van der Waals surface area contributed by atoms with E-state index < -0.39 is 11.9 Å². The number of amides is 3. The van der Waals surface area contributed by atoms with Gasteiger partial charge >= 0.3 is 0 Å². The van der Waals surface area contributed by atoms with Crippen LogP contribution in [-0.4, -0.2) is 67.7 Å². The maximum atomic E-state index is 13.0. The van der Waals surface area contributed by atoms with Crippen LogP contribution in [0.2, 0.25) is 0 Å². The highest BCUT2D eigenvalue weighted by Crippen LogP contribution is 2.29. The Morgan fingerprint density at radius 2 is 1.91 bits per heavy atom. The number of nitrogens with zero attached hydrogens (tertiary/aromatic N) is 7. The van der Waals surface area contributed by atoms with E-state index in [-0.39, 0.29) is 18.2 Å². The first-order valence-electron chi connectivity index (χ1n) is 10.1. The third-order valence-corrected chi connectivity index (χ3v) is 5.60. The minimum atomic E-state index is -0.640. The summed E-state index contributed by atoms with van der Waals surface area (Å²) in [6.45, 7) is 0.332. The zero-order chi connectivity index (χ0) is 22.4. The van der Waals surface area contributed by atoms with Crippen LogP contribution < -0.4 is 10.2 Å². The van der Waals surface area contributed by atoms with Gasteiger partial charge in [0.05, 0.1) is 11.9 Å². The van der Waals surface area contributed by atoms with Gasteiger partial charge in [0.2, 0.25) is 17.8 Å². The Morgan fingerprint density at radius 3 is 2.62 bits per heavy atom. The molecule has 0 bridgehead atoms. The van der Waals surface area contributed by atoms with Gasteiger partial charge in [0.15, 0.2) is 0 Å². The molecule has 2 aromatic heterocycles. The molecule has 2 aliphatic rings. The van der Waals surface area contributed by atoms with E-state index in [2.05, 4.69) is 25.6 Å². The van der Waals surface area contributed by atoms with Crippen molar-refractivity contribution in [1.29, 1.82) is 0 Å². The second-order valence-corrected chi connectivity index (χ2v) is 7.96. The molecule has 2 aliphatic heterocycles. The number of aromatic nitrogens is 5. The second-order valence-electron chi connectivity index (χ2n) is 7.96. The number of hydrogen-bond donors (Lipinski definition) is 1. The van der Waals surface area contributed by atoms with Gasteiger partial charge in [-0.05, 0) is 24.1 Å². The summed E-state index contributed by atoms with van der Waals surface area (Å²) < 4.78 is 1.58. The molecule has 4 heterocycles. The van der Waals surface area contributed by atoms with Crippen LogP contribution in [0.5, 0.6) is 0 Å². The Balaban J connectivity index is 1.38. The van der Waals surface area contributed by atoms with Gasteiger partial charge in [-0.25, -0.2) is 14.6 Å². The number of hydrogen-bond acceptors (Lipinski definition) is 8. The number of fused-ring (bicyclic) bond motifs is 1. The highest BCUT2D eigenvalue weighted by atomic mass is 16.2. The maximum Gasteiger partial charge on any atom is 0.255 e. The van der Waals surface area contributed by atoms with Crippen molar-refractivity contribution in [3.8, 4) is 16.9 Å². The smallest absolute Gasteiger partial charge is 0.255 e. The quantitative estimate of drug-likeness (QED) is 0.593. The van der Waals surface area contributed by atoms with E-state index in [9.17, 15) is 14.4 Å². The Morgan fingerprint density at radius 1 is 1.12 bits per heavy atom. The summed E-state index contributed by atoms with van der Waals surface area (Å²) in [5.41, 5.74) is 3.35. The van der Waals surface area contributed by atoms with Crippen LogP contribution in [0.3, 0.4) is 0 Å². The highest BCUT2D eigenvalue weighted by molar-refractivity contribution is 6.05. The number of anilines is 1. The fourth-order valence-electron chi connectivity index (χ4n) is 3.89. The molecule has 1 unspecified atom stereocenters. The SMILES string of the molecule is CN(C)c1ncc(-c2cn(-c3ccc4c(c3)C(=O)N(C3CCC(=O)NC3=O)C4)nn2)cn1. The van der Waals surface area contributed by atoms with Gasteiger partial charge in [-0.1, -0.05) is 11.3 Å². The minimum Gasteiger partial charge on any atom is -0.347 e. The van der Waals surface area contributed by atoms with E-state index in [1.165, 1.54) is 4.90 Å². The van der Waals surface area contributed by atoms with Crippen molar-refractivity contribution in [3.05, 3.63) is 47.9 Å². The van der Waals surface area contributed by atoms with Gasteiger partial charge < -0.3 is 9.80 Å².